The number of para-hydroxylation sites is 2. The molecule has 0 unspecified atom stereocenters. The van der Waals surface area contributed by atoms with E-state index >= 15 is 0 Å². The summed E-state index contributed by atoms with van der Waals surface area (Å²) < 4.78 is 22.3. The lowest BCUT2D eigenvalue weighted by molar-refractivity contribution is 0.381. The summed E-state index contributed by atoms with van der Waals surface area (Å²) in [5.41, 5.74) is 1.30. The van der Waals surface area contributed by atoms with Crippen LogP contribution in [0.4, 0.5) is 10.4 Å². The first-order valence-electron chi connectivity index (χ1n) is 9.54. The number of hydrogen-bond donors (Lipinski definition) is 0. The predicted octanol–water partition coefficient (Wildman–Crippen LogP) is 2.82. The minimum Gasteiger partial charge on any atom is -0.423 e. The molecule has 0 aliphatic carbocycles. The summed E-state index contributed by atoms with van der Waals surface area (Å²) in [6, 6.07) is 12.2. The monoisotopic (exact) mass is 394 g/mol. The predicted molar refractivity (Wildman–Crippen MR) is 108 cm³/mol. The molecule has 7 nitrogen and oxygen atoms in total. The summed E-state index contributed by atoms with van der Waals surface area (Å²) in [6.07, 6.45) is 1.30. The van der Waals surface area contributed by atoms with Gasteiger partial charge in [-0.05, 0) is 43.2 Å². The molecule has 29 heavy (non-hydrogen) atoms. The number of piperidine rings is 1. The molecule has 0 N–H and O–H groups in total. The SMILES string of the molecule is Cn1c(=O)c(=O)n(C2CCN(c3nc4ccccc4o3)CC2)c2ccc(F)cc21. The van der Waals surface area contributed by atoms with Crippen LogP contribution in [0.25, 0.3) is 22.1 Å². The summed E-state index contributed by atoms with van der Waals surface area (Å²) in [5, 5.41) is 0. The first-order chi connectivity index (χ1) is 14.0. The topological polar surface area (TPSA) is 73.3 Å². The largest absolute Gasteiger partial charge is 0.423 e. The Bertz CT molecular complexity index is 1310. The fourth-order valence-electron chi connectivity index (χ4n) is 4.11. The number of aryl methyl sites for hydroxylation is 1. The van der Waals surface area contributed by atoms with Gasteiger partial charge in [-0.15, -0.1) is 0 Å². The molecule has 1 aliphatic heterocycles. The van der Waals surface area contributed by atoms with Crippen LogP contribution in [0.1, 0.15) is 18.9 Å². The van der Waals surface area contributed by atoms with E-state index < -0.39 is 16.9 Å². The minimum atomic E-state index is -0.649. The molecule has 2 aromatic carbocycles. The van der Waals surface area contributed by atoms with Crippen LogP contribution >= 0.6 is 0 Å². The molecular formula is C21H19FN4O3. The zero-order chi connectivity index (χ0) is 20.1. The second kappa shape index (κ2) is 6.58. The van der Waals surface area contributed by atoms with Crippen molar-refractivity contribution >= 4 is 28.1 Å². The molecule has 2 aromatic heterocycles. The quantitative estimate of drug-likeness (QED) is 0.489. The lowest BCUT2D eigenvalue weighted by atomic mass is 10.0. The summed E-state index contributed by atoms with van der Waals surface area (Å²) in [5.74, 6) is -0.441. The molecule has 0 spiro atoms. The van der Waals surface area contributed by atoms with Gasteiger partial charge in [-0.25, -0.2) is 4.39 Å². The maximum Gasteiger partial charge on any atom is 0.317 e. The Labute approximate surface area is 164 Å². The van der Waals surface area contributed by atoms with Gasteiger partial charge in [0, 0.05) is 26.2 Å². The van der Waals surface area contributed by atoms with E-state index in [4.69, 9.17) is 4.42 Å². The van der Waals surface area contributed by atoms with Crippen LogP contribution < -0.4 is 16.0 Å². The summed E-state index contributed by atoms with van der Waals surface area (Å²) in [4.78, 5) is 31.7. The number of fused-ring (bicyclic) bond motifs is 2. The highest BCUT2D eigenvalue weighted by Gasteiger charge is 2.26. The average Bonchev–Trinajstić information content (AvgIpc) is 3.17. The Morgan fingerprint density at radius 1 is 1.03 bits per heavy atom. The van der Waals surface area contributed by atoms with Crippen molar-refractivity contribution in [1.29, 1.82) is 0 Å². The molecule has 148 valence electrons. The number of hydrogen-bond acceptors (Lipinski definition) is 5. The Kier molecular flexibility index (Phi) is 4.01. The van der Waals surface area contributed by atoms with Crippen molar-refractivity contribution in [1.82, 2.24) is 14.1 Å². The second-order valence-corrected chi connectivity index (χ2v) is 7.35. The van der Waals surface area contributed by atoms with Gasteiger partial charge >= 0.3 is 11.1 Å². The fraction of sp³-hybridized carbons (Fsp3) is 0.286. The number of halogens is 1. The third-order valence-corrected chi connectivity index (χ3v) is 5.65. The van der Waals surface area contributed by atoms with Crippen molar-refractivity contribution < 1.29 is 8.81 Å². The molecule has 5 rings (SSSR count). The third kappa shape index (κ3) is 2.83. The van der Waals surface area contributed by atoms with Crippen molar-refractivity contribution in [2.75, 3.05) is 18.0 Å². The Morgan fingerprint density at radius 2 is 1.79 bits per heavy atom. The number of aromatic nitrogens is 3. The standard InChI is InChI=1S/C21H19FN4O3/c1-24-17-12-13(22)6-7-16(17)26(20(28)19(24)27)14-8-10-25(11-9-14)21-23-15-4-2-3-5-18(15)29-21/h2-7,12,14H,8-11H2,1H3. The van der Waals surface area contributed by atoms with Gasteiger partial charge in [-0.1, -0.05) is 12.1 Å². The van der Waals surface area contributed by atoms with Crippen molar-refractivity contribution in [3.63, 3.8) is 0 Å². The van der Waals surface area contributed by atoms with Gasteiger partial charge in [0.15, 0.2) is 5.58 Å². The molecule has 0 atom stereocenters. The molecule has 1 aliphatic rings. The summed E-state index contributed by atoms with van der Waals surface area (Å²) in [7, 11) is 1.49. The van der Waals surface area contributed by atoms with Crippen LogP contribution in [-0.2, 0) is 7.05 Å². The van der Waals surface area contributed by atoms with Crippen LogP contribution in [0.15, 0.2) is 56.5 Å². The van der Waals surface area contributed by atoms with Gasteiger partial charge in [-0.3, -0.25) is 14.2 Å². The highest BCUT2D eigenvalue weighted by Crippen LogP contribution is 2.29. The maximum atomic E-state index is 13.7. The molecule has 0 bridgehead atoms. The average molecular weight is 394 g/mol. The number of anilines is 1. The highest BCUT2D eigenvalue weighted by molar-refractivity contribution is 5.75. The molecule has 3 heterocycles. The molecule has 8 heteroatoms. The third-order valence-electron chi connectivity index (χ3n) is 5.65. The Morgan fingerprint density at radius 3 is 2.55 bits per heavy atom. The number of rotatable bonds is 2. The first-order valence-corrected chi connectivity index (χ1v) is 9.54. The molecule has 0 saturated carbocycles. The zero-order valence-corrected chi connectivity index (χ0v) is 15.8. The molecule has 4 aromatic rings. The maximum absolute atomic E-state index is 13.7. The highest BCUT2D eigenvalue weighted by atomic mass is 19.1. The Hall–Kier alpha value is -3.42. The van der Waals surface area contributed by atoms with Crippen LogP contribution in [0.2, 0.25) is 0 Å². The first kappa shape index (κ1) is 17.7. The minimum absolute atomic E-state index is 0.148. The van der Waals surface area contributed by atoms with Gasteiger partial charge in [0.1, 0.15) is 11.3 Å². The number of nitrogens with zero attached hydrogens (tertiary/aromatic N) is 4. The van der Waals surface area contributed by atoms with Crippen molar-refractivity contribution in [3.05, 3.63) is 69.0 Å². The summed E-state index contributed by atoms with van der Waals surface area (Å²) >= 11 is 0. The summed E-state index contributed by atoms with van der Waals surface area (Å²) in [6.45, 7) is 1.28. The smallest absolute Gasteiger partial charge is 0.317 e. The Balaban J connectivity index is 1.48. The van der Waals surface area contributed by atoms with Crippen LogP contribution in [0.5, 0.6) is 0 Å². The van der Waals surface area contributed by atoms with Gasteiger partial charge in [0.05, 0.1) is 11.0 Å². The number of oxazole rings is 1. The molecule has 1 saturated heterocycles. The van der Waals surface area contributed by atoms with Gasteiger partial charge < -0.3 is 13.9 Å². The van der Waals surface area contributed by atoms with Crippen molar-refractivity contribution in [3.8, 4) is 0 Å². The van der Waals surface area contributed by atoms with Gasteiger partial charge in [0.25, 0.3) is 6.01 Å². The molecular weight excluding hydrogens is 375 g/mol. The normalized spacial score (nSPS) is 15.4. The molecule has 1 fully saturated rings. The molecule has 0 radical (unpaired) electrons. The van der Waals surface area contributed by atoms with E-state index in [0.717, 1.165) is 11.1 Å². The van der Waals surface area contributed by atoms with E-state index in [1.54, 1.807) is 6.07 Å². The van der Waals surface area contributed by atoms with E-state index in [1.165, 1.54) is 28.3 Å². The zero-order valence-electron chi connectivity index (χ0n) is 15.8. The van der Waals surface area contributed by atoms with Gasteiger partial charge in [-0.2, -0.15) is 4.98 Å². The van der Waals surface area contributed by atoms with Crippen molar-refractivity contribution in [2.45, 2.75) is 18.9 Å². The van der Waals surface area contributed by atoms with Gasteiger partial charge in [0.2, 0.25) is 0 Å². The van der Waals surface area contributed by atoms with Crippen LogP contribution in [-0.4, -0.2) is 27.2 Å². The molecule has 0 amide bonds. The number of benzene rings is 2. The van der Waals surface area contributed by atoms with Crippen molar-refractivity contribution in [2.24, 2.45) is 7.05 Å². The fourth-order valence-corrected chi connectivity index (χ4v) is 4.11. The van der Waals surface area contributed by atoms with E-state index in [9.17, 15) is 14.0 Å². The lowest BCUT2D eigenvalue weighted by Crippen LogP contribution is -2.45. The van der Waals surface area contributed by atoms with E-state index in [0.29, 0.717) is 43.0 Å². The van der Waals surface area contributed by atoms with Crippen LogP contribution in [0.3, 0.4) is 0 Å². The van der Waals surface area contributed by atoms with E-state index in [1.807, 2.05) is 29.2 Å². The van der Waals surface area contributed by atoms with E-state index in [2.05, 4.69) is 4.98 Å². The van der Waals surface area contributed by atoms with Crippen LogP contribution in [0, 0.1) is 5.82 Å². The lowest BCUT2D eigenvalue weighted by Gasteiger charge is -2.32. The van der Waals surface area contributed by atoms with E-state index in [-0.39, 0.29) is 6.04 Å². The second-order valence-electron chi connectivity index (χ2n) is 7.35.